The van der Waals surface area contributed by atoms with Crippen LogP contribution in [0.25, 0.3) is 0 Å². The van der Waals surface area contributed by atoms with Gasteiger partial charge in [-0.25, -0.2) is 9.59 Å². The number of aromatic carboxylic acids is 1. The van der Waals surface area contributed by atoms with Crippen LogP contribution in [0.3, 0.4) is 0 Å². The predicted octanol–water partition coefficient (Wildman–Crippen LogP) is 3.47. The second-order valence-electron chi connectivity index (χ2n) is 5.32. The largest absolute Gasteiger partial charge is 0.478 e. The van der Waals surface area contributed by atoms with Crippen LogP contribution in [0, 0.1) is 0 Å². The number of carbonyl (C=O) groups excluding carboxylic acids is 1. The predicted molar refractivity (Wildman–Crippen MR) is 80.7 cm³/mol. The van der Waals surface area contributed by atoms with Gasteiger partial charge in [-0.3, -0.25) is 4.90 Å². The van der Waals surface area contributed by atoms with Gasteiger partial charge in [-0.1, -0.05) is 18.7 Å². The van der Waals surface area contributed by atoms with E-state index in [9.17, 15) is 14.7 Å². The summed E-state index contributed by atoms with van der Waals surface area (Å²) in [6, 6.07) is 6.26. The summed E-state index contributed by atoms with van der Waals surface area (Å²) in [7, 11) is 0. The van der Waals surface area contributed by atoms with E-state index in [0.717, 1.165) is 0 Å². The standard InChI is InChI=1S/C16H19NO4/c1-5-6-11-17(15(20)21-16(2,3)4)13-10-8-7-9-12(13)14(18)19/h6-10H,1,11H2,2-4H3,(H,18,19). The van der Waals surface area contributed by atoms with E-state index in [1.54, 1.807) is 39.0 Å². The number of rotatable bonds is 4. The van der Waals surface area contributed by atoms with E-state index in [1.165, 1.54) is 17.0 Å². The fourth-order valence-corrected chi connectivity index (χ4v) is 1.63. The van der Waals surface area contributed by atoms with E-state index in [-0.39, 0.29) is 17.8 Å². The number of carbonyl (C=O) groups is 2. The summed E-state index contributed by atoms with van der Waals surface area (Å²) in [4.78, 5) is 24.8. The molecule has 112 valence electrons. The maximum Gasteiger partial charge on any atom is 0.415 e. The molecule has 0 saturated carbocycles. The lowest BCUT2D eigenvalue weighted by Crippen LogP contribution is -2.37. The Labute approximate surface area is 124 Å². The molecule has 0 heterocycles. The number of hydrogen-bond acceptors (Lipinski definition) is 3. The van der Waals surface area contributed by atoms with E-state index in [1.807, 2.05) is 0 Å². The fourth-order valence-electron chi connectivity index (χ4n) is 1.63. The summed E-state index contributed by atoms with van der Waals surface area (Å²) in [5.74, 6) is -1.11. The molecule has 0 spiro atoms. The second kappa shape index (κ2) is 6.77. The summed E-state index contributed by atoms with van der Waals surface area (Å²) in [5, 5.41) is 9.24. The fraction of sp³-hybridized carbons (Fsp3) is 0.312. The van der Waals surface area contributed by atoms with Crippen molar-refractivity contribution in [3.05, 3.63) is 48.2 Å². The molecule has 0 bridgehead atoms. The van der Waals surface area contributed by atoms with Gasteiger partial charge in [-0.05, 0) is 39.0 Å². The van der Waals surface area contributed by atoms with Crippen molar-refractivity contribution >= 4 is 17.7 Å². The summed E-state index contributed by atoms with van der Waals surface area (Å²) >= 11 is 0. The molecule has 0 radical (unpaired) electrons. The van der Waals surface area contributed by atoms with E-state index in [4.69, 9.17) is 4.74 Å². The topological polar surface area (TPSA) is 66.8 Å². The van der Waals surface area contributed by atoms with Crippen molar-refractivity contribution in [2.24, 2.45) is 0 Å². The molecule has 1 aromatic carbocycles. The summed E-state index contributed by atoms with van der Waals surface area (Å²) in [6.45, 7) is 8.81. The Kier molecular flexibility index (Phi) is 5.33. The van der Waals surface area contributed by atoms with Crippen LogP contribution in [0.2, 0.25) is 0 Å². The Morgan fingerprint density at radius 1 is 1.38 bits per heavy atom. The maximum atomic E-state index is 12.3. The molecule has 5 heteroatoms. The van der Waals surface area contributed by atoms with Crippen molar-refractivity contribution in [3.63, 3.8) is 0 Å². The van der Waals surface area contributed by atoms with Crippen LogP contribution < -0.4 is 4.90 Å². The number of amides is 1. The molecule has 0 atom stereocenters. The Balaban J connectivity index is 3.22. The maximum absolute atomic E-state index is 12.3. The first-order valence-corrected chi connectivity index (χ1v) is 6.43. The van der Waals surface area contributed by atoms with E-state index >= 15 is 0 Å². The monoisotopic (exact) mass is 289 g/mol. The van der Waals surface area contributed by atoms with Crippen LogP contribution in [0.1, 0.15) is 31.1 Å². The smallest absolute Gasteiger partial charge is 0.415 e. The zero-order valence-electron chi connectivity index (χ0n) is 12.4. The molecule has 0 unspecified atom stereocenters. The average molecular weight is 289 g/mol. The second-order valence-corrected chi connectivity index (χ2v) is 5.32. The first kappa shape index (κ1) is 16.5. The van der Waals surface area contributed by atoms with Gasteiger partial charge in [0.15, 0.2) is 0 Å². The number of hydrogen-bond donors (Lipinski definition) is 1. The molecule has 0 aliphatic carbocycles. The lowest BCUT2D eigenvalue weighted by Gasteiger charge is -2.27. The number of nitrogens with zero attached hydrogens (tertiary/aromatic N) is 1. The number of anilines is 1. The van der Waals surface area contributed by atoms with Gasteiger partial charge in [0.1, 0.15) is 5.60 Å². The van der Waals surface area contributed by atoms with Gasteiger partial charge in [0.25, 0.3) is 0 Å². The summed E-state index contributed by atoms with van der Waals surface area (Å²) in [5.41, 5.74) is 2.19. The van der Waals surface area contributed by atoms with Crippen molar-refractivity contribution in [2.45, 2.75) is 26.4 Å². The van der Waals surface area contributed by atoms with Crippen LogP contribution in [-0.4, -0.2) is 29.3 Å². The van der Waals surface area contributed by atoms with Gasteiger partial charge in [-0.2, -0.15) is 0 Å². The van der Waals surface area contributed by atoms with Gasteiger partial charge < -0.3 is 9.84 Å². The summed E-state index contributed by atoms with van der Waals surface area (Å²) in [6.07, 6.45) is 0.908. The van der Waals surface area contributed by atoms with Crippen LogP contribution >= 0.6 is 0 Å². The first-order valence-electron chi connectivity index (χ1n) is 6.43. The molecule has 0 saturated heterocycles. The van der Waals surface area contributed by atoms with E-state index in [0.29, 0.717) is 0 Å². The molecule has 0 aliphatic rings. The highest BCUT2D eigenvalue weighted by Crippen LogP contribution is 2.23. The molecular formula is C16H19NO4. The molecule has 0 fully saturated rings. The third kappa shape index (κ3) is 4.82. The Morgan fingerprint density at radius 3 is 2.52 bits per heavy atom. The number of ether oxygens (including phenoxy) is 1. The lowest BCUT2D eigenvalue weighted by molar-refractivity contribution is 0.0584. The lowest BCUT2D eigenvalue weighted by atomic mass is 10.1. The molecule has 0 aromatic heterocycles. The van der Waals surface area contributed by atoms with E-state index in [2.05, 4.69) is 12.3 Å². The van der Waals surface area contributed by atoms with E-state index < -0.39 is 17.7 Å². The molecule has 0 aliphatic heterocycles. The third-order valence-corrected chi connectivity index (χ3v) is 2.46. The quantitative estimate of drug-likeness (QED) is 0.862. The highest BCUT2D eigenvalue weighted by molar-refractivity contribution is 6.00. The van der Waals surface area contributed by atoms with Gasteiger partial charge in [0.05, 0.1) is 17.8 Å². The molecule has 5 nitrogen and oxygen atoms in total. The van der Waals surface area contributed by atoms with Gasteiger partial charge in [0.2, 0.25) is 0 Å². The van der Waals surface area contributed by atoms with Crippen LogP contribution in [-0.2, 0) is 4.74 Å². The molecule has 21 heavy (non-hydrogen) atoms. The SMILES string of the molecule is C=C=CCN(C(=O)OC(C)(C)C)c1ccccc1C(=O)O. The van der Waals surface area contributed by atoms with Crippen LogP contribution in [0.15, 0.2) is 42.7 Å². The molecule has 1 amide bonds. The first-order chi connectivity index (χ1) is 9.76. The average Bonchev–Trinajstić information content (AvgIpc) is 2.37. The zero-order valence-corrected chi connectivity index (χ0v) is 12.4. The Hall–Kier alpha value is -2.52. The number of carboxylic acids is 1. The van der Waals surface area contributed by atoms with Gasteiger partial charge in [-0.15, -0.1) is 5.73 Å². The summed E-state index contributed by atoms with van der Waals surface area (Å²) < 4.78 is 5.31. The van der Waals surface area contributed by atoms with Crippen molar-refractivity contribution in [3.8, 4) is 0 Å². The normalized spacial score (nSPS) is 10.4. The molecule has 1 N–H and O–H groups in total. The van der Waals surface area contributed by atoms with Crippen molar-refractivity contribution in [1.82, 2.24) is 0 Å². The minimum absolute atomic E-state index is 0.0285. The number of para-hydroxylation sites is 1. The van der Waals surface area contributed by atoms with Gasteiger partial charge in [0, 0.05) is 0 Å². The number of benzene rings is 1. The molecular weight excluding hydrogens is 270 g/mol. The Bertz CT molecular complexity index is 580. The van der Waals surface area contributed by atoms with Crippen LogP contribution in [0.5, 0.6) is 0 Å². The van der Waals surface area contributed by atoms with Crippen LogP contribution in [0.4, 0.5) is 10.5 Å². The van der Waals surface area contributed by atoms with Gasteiger partial charge >= 0.3 is 12.1 Å². The van der Waals surface area contributed by atoms with Crippen molar-refractivity contribution in [2.75, 3.05) is 11.4 Å². The molecule has 1 rings (SSSR count). The highest BCUT2D eigenvalue weighted by atomic mass is 16.6. The Morgan fingerprint density at radius 2 is 2.00 bits per heavy atom. The minimum Gasteiger partial charge on any atom is -0.478 e. The third-order valence-electron chi connectivity index (χ3n) is 2.46. The highest BCUT2D eigenvalue weighted by Gasteiger charge is 2.25. The zero-order chi connectivity index (χ0) is 16.0. The van der Waals surface area contributed by atoms with Crippen molar-refractivity contribution < 1.29 is 19.4 Å². The van der Waals surface area contributed by atoms with Crippen molar-refractivity contribution in [1.29, 1.82) is 0 Å². The minimum atomic E-state index is -1.11. The number of carboxylic acid groups (broad SMARTS) is 1. The molecule has 1 aromatic rings.